The standard InChI is InChI=1S/C19H23N3O/c1-13-11-21-9-10-22(17-12-20-7-5-14(17)6-8-20)19(23)16-4-2-3-15(13)18(16)21/h2-4,11,14,17H,5-10,12H2,1H3. The molecule has 6 rings (SSSR count). The number of nitrogens with zero attached hydrogens (tertiary/aromatic N) is 3. The summed E-state index contributed by atoms with van der Waals surface area (Å²) in [6.45, 7) is 7.40. The molecule has 0 saturated carbocycles. The third-order valence-corrected chi connectivity index (χ3v) is 6.19. The van der Waals surface area contributed by atoms with Crippen LogP contribution >= 0.6 is 0 Å². The summed E-state index contributed by atoms with van der Waals surface area (Å²) in [5.74, 6) is 0.938. The van der Waals surface area contributed by atoms with Gasteiger partial charge < -0.3 is 14.4 Å². The predicted octanol–water partition coefficient (Wildman–Crippen LogP) is 2.50. The number of rotatable bonds is 1. The molecule has 3 fully saturated rings. The molecule has 0 aliphatic carbocycles. The van der Waals surface area contributed by atoms with Crippen LogP contribution in [-0.4, -0.2) is 52.5 Å². The average Bonchev–Trinajstić information content (AvgIpc) is 2.85. The van der Waals surface area contributed by atoms with Crippen molar-refractivity contribution >= 4 is 16.8 Å². The van der Waals surface area contributed by atoms with E-state index in [1.165, 1.54) is 36.9 Å². The molecule has 0 radical (unpaired) electrons. The van der Waals surface area contributed by atoms with Gasteiger partial charge in [0.25, 0.3) is 5.91 Å². The molecule has 23 heavy (non-hydrogen) atoms. The fourth-order valence-electron chi connectivity index (χ4n) is 4.96. The average molecular weight is 309 g/mol. The highest BCUT2D eigenvalue weighted by molar-refractivity contribution is 6.07. The Bertz CT molecular complexity index is 785. The SMILES string of the molecule is Cc1cn2c3c(cccc13)C(=O)N(C1CN3CCC1CC3)CC2. The third-order valence-electron chi connectivity index (χ3n) is 6.19. The largest absolute Gasteiger partial charge is 0.345 e. The van der Waals surface area contributed by atoms with E-state index in [0.29, 0.717) is 12.0 Å². The fourth-order valence-corrected chi connectivity index (χ4v) is 4.96. The van der Waals surface area contributed by atoms with Crippen molar-refractivity contribution in [2.24, 2.45) is 5.92 Å². The maximum absolute atomic E-state index is 13.3. The Kier molecular flexibility index (Phi) is 2.87. The summed E-state index contributed by atoms with van der Waals surface area (Å²) in [5, 5.41) is 1.23. The molecule has 0 N–H and O–H groups in total. The number of aromatic nitrogens is 1. The highest BCUT2D eigenvalue weighted by atomic mass is 16.2. The number of carbonyl (C=O) groups excluding carboxylic acids is 1. The van der Waals surface area contributed by atoms with Crippen molar-refractivity contribution in [3.8, 4) is 0 Å². The second-order valence-electron chi connectivity index (χ2n) is 7.41. The van der Waals surface area contributed by atoms with Gasteiger partial charge >= 0.3 is 0 Å². The Morgan fingerprint density at radius 3 is 2.65 bits per heavy atom. The van der Waals surface area contributed by atoms with Gasteiger partial charge in [0.2, 0.25) is 0 Å². The molecule has 3 saturated heterocycles. The molecule has 1 unspecified atom stereocenters. The van der Waals surface area contributed by atoms with Gasteiger partial charge in [-0.2, -0.15) is 0 Å². The molecule has 1 atom stereocenters. The van der Waals surface area contributed by atoms with Crippen molar-refractivity contribution in [1.82, 2.24) is 14.4 Å². The molecule has 1 aromatic carbocycles. The molecule has 2 bridgehead atoms. The molecule has 5 heterocycles. The quantitative estimate of drug-likeness (QED) is 0.810. The van der Waals surface area contributed by atoms with Crippen LogP contribution in [0.2, 0.25) is 0 Å². The van der Waals surface area contributed by atoms with Crippen LogP contribution in [0, 0.1) is 12.8 Å². The predicted molar refractivity (Wildman–Crippen MR) is 90.7 cm³/mol. The van der Waals surface area contributed by atoms with Crippen LogP contribution in [0.15, 0.2) is 24.4 Å². The molecule has 4 aliphatic rings. The van der Waals surface area contributed by atoms with Crippen molar-refractivity contribution in [2.45, 2.75) is 32.4 Å². The Balaban J connectivity index is 1.58. The van der Waals surface area contributed by atoms with Crippen molar-refractivity contribution in [1.29, 1.82) is 0 Å². The number of hydrogen-bond acceptors (Lipinski definition) is 2. The summed E-state index contributed by atoms with van der Waals surface area (Å²) in [5.41, 5.74) is 3.30. The zero-order valence-electron chi connectivity index (χ0n) is 13.7. The van der Waals surface area contributed by atoms with Gasteiger partial charge in [0.1, 0.15) is 0 Å². The van der Waals surface area contributed by atoms with E-state index in [4.69, 9.17) is 0 Å². The molecular formula is C19H23N3O. The van der Waals surface area contributed by atoms with Gasteiger partial charge in [0.15, 0.2) is 0 Å². The Morgan fingerprint density at radius 1 is 1.09 bits per heavy atom. The van der Waals surface area contributed by atoms with Crippen molar-refractivity contribution in [2.75, 3.05) is 26.2 Å². The van der Waals surface area contributed by atoms with Gasteiger partial charge in [0.05, 0.1) is 11.1 Å². The van der Waals surface area contributed by atoms with E-state index in [9.17, 15) is 4.79 Å². The van der Waals surface area contributed by atoms with Gasteiger partial charge in [-0.15, -0.1) is 0 Å². The molecule has 4 heteroatoms. The minimum atomic E-state index is 0.242. The lowest BCUT2D eigenvalue weighted by Crippen LogP contribution is -2.58. The summed E-state index contributed by atoms with van der Waals surface area (Å²) in [6.07, 6.45) is 4.72. The van der Waals surface area contributed by atoms with E-state index in [1.54, 1.807) is 0 Å². The number of fused-ring (bicyclic) bond motifs is 3. The van der Waals surface area contributed by atoms with Gasteiger partial charge in [-0.1, -0.05) is 12.1 Å². The summed E-state index contributed by atoms with van der Waals surface area (Å²) >= 11 is 0. The smallest absolute Gasteiger partial charge is 0.256 e. The van der Waals surface area contributed by atoms with E-state index in [2.05, 4.69) is 33.6 Å². The van der Waals surface area contributed by atoms with E-state index >= 15 is 0 Å². The maximum Gasteiger partial charge on any atom is 0.256 e. The highest BCUT2D eigenvalue weighted by Crippen LogP contribution is 2.34. The Hall–Kier alpha value is -1.81. The number of carbonyl (C=O) groups is 1. The zero-order valence-corrected chi connectivity index (χ0v) is 13.7. The Labute approximate surface area is 136 Å². The van der Waals surface area contributed by atoms with Crippen LogP contribution in [0.1, 0.15) is 28.8 Å². The molecule has 120 valence electrons. The first-order valence-corrected chi connectivity index (χ1v) is 8.84. The summed E-state index contributed by atoms with van der Waals surface area (Å²) < 4.78 is 2.29. The number of hydrogen-bond donors (Lipinski definition) is 0. The van der Waals surface area contributed by atoms with Crippen molar-refractivity contribution < 1.29 is 4.79 Å². The zero-order chi connectivity index (χ0) is 15.6. The molecule has 4 aliphatic heterocycles. The van der Waals surface area contributed by atoms with E-state index in [-0.39, 0.29) is 5.91 Å². The first-order valence-electron chi connectivity index (χ1n) is 8.84. The molecule has 2 aromatic rings. The minimum absolute atomic E-state index is 0.242. The van der Waals surface area contributed by atoms with Gasteiger partial charge in [0, 0.05) is 37.3 Å². The first-order chi connectivity index (χ1) is 11.2. The molecule has 1 aromatic heterocycles. The van der Waals surface area contributed by atoms with Crippen LogP contribution in [0.25, 0.3) is 10.9 Å². The number of amides is 1. The summed E-state index contributed by atoms with van der Waals surface area (Å²) in [6, 6.07) is 6.60. The van der Waals surface area contributed by atoms with Gasteiger partial charge in [-0.05, 0) is 50.4 Å². The minimum Gasteiger partial charge on any atom is -0.345 e. The second-order valence-corrected chi connectivity index (χ2v) is 7.41. The normalized spacial score (nSPS) is 30.0. The van der Waals surface area contributed by atoms with Crippen LogP contribution in [0.3, 0.4) is 0 Å². The monoisotopic (exact) mass is 309 g/mol. The van der Waals surface area contributed by atoms with E-state index in [0.717, 1.165) is 30.7 Å². The highest BCUT2D eigenvalue weighted by Gasteiger charge is 2.40. The lowest BCUT2D eigenvalue weighted by Gasteiger charge is -2.48. The topological polar surface area (TPSA) is 28.5 Å². The number of piperidine rings is 3. The fraction of sp³-hybridized carbons (Fsp3) is 0.526. The first kappa shape index (κ1) is 13.6. The number of aryl methyl sites for hydroxylation is 1. The maximum atomic E-state index is 13.3. The number of benzene rings is 1. The number of para-hydroxylation sites is 1. The van der Waals surface area contributed by atoms with E-state index in [1.807, 2.05) is 12.1 Å². The lowest BCUT2D eigenvalue weighted by molar-refractivity contribution is 0.00727. The van der Waals surface area contributed by atoms with Crippen LogP contribution in [-0.2, 0) is 6.54 Å². The molecule has 0 spiro atoms. The second kappa shape index (κ2) is 4.84. The molecule has 1 amide bonds. The Morgan fingerprint density at radius 2 is 1.91 bits per heavy atom. The van der Waals surface area contributed by atoms with Crippen LogP contribution in [0.5, 0.6) is 0 Å². The summed E-state index contributed by atoms with van der Waals surface area (Å²) in [7, 11) is 0. The molecular weight excluding hydrogens is 286 g/mol. The van der Waals surface area contributed by atoms with Crippen LogP contribution in [0.4, 0.5) is 0 Å². The lowest BCUT2D eigenvalue weighted by atomic mass is 9.83. The van der Waals surface area contributed by atoms with Gasteiger partial charge in [-0.25, -0.2) is 0 Å². The molecule has 4 nitrogen and oxygen atoms in total. The summed E-state index contributed by atoms with van der Waals surface area (Å²) in [4.78, 5) is 18.0. The van der Waals surface area contributed by atoms with Gasteiger partial charge in [-0.3, -0.25) is 4.79 Å². The third kappa shape index (κ3) is 1.91. The van der Waals surface area contributed by atoms with Crippen molar-refractivity contribution in [3.63, 3.8) is 0 Å². The van der Waals surface area contributed by atoms with E-state index < -0.39 is 0 Å². The van der Waals surface area contributed by atoms with Crippen LogP contribution < -0.4 is 0 Å². The van der Waals surface area contributed by atoms with Crippen molar-refractivity contribution in [3.05, 3.63) is 35.5 Å².